The summed E-state index contributed by atoms with van der Waals surface area (Å²) in [7, 11) is 0. The second-order valence-electron chi connectivity index (χ2n) is 10.0. The average molecular weight is 493 g/mol. The number of carbonyl (C=O) groups excluding carboxylic acids is 2. The summed E-state index contributed by atoms with van der Waals surface area (Å²) in [6.07, 6.45) is -4.56. The summed E-state index contributed by atoms with van der Waals surface area (Å²) in [6.45, 7) is 6.33. The van der Waals surface area contributed by atoms with Gasteiger partial charge in [-0.25, -0.2) is 14.6 Å². The number of hydrogen-bond donors (Lipinski definition) is 1. The largest absolute Gasteiger partial charge is 0.444 e. The minimum atomic E-state index is -4.81. The molecule has 0 radical (unpaired) electrons. The first-order valence-corrected chi connectivity index (χ1v) is 11.5. The Bertz CT molecular complexity index is 1190. The van der Waals surface area contributed by atoms with Gasteiger partial charge < -0.3 is 14.4 Å². The Hall–Kier alpha value is -3.31. The molecule has 0 spiro atoms. The van der Waals surface area contributed by atoms with Crippen LogP contribution in [0.3, 0.4) is 0 Å². The summed E-state index contributed by atoms with van der Waals surface area (Å²) in [5.41, 5.74) is 1.65. The van der Waals surface area contributed by atoms with Gasteiger partial charge in [0.1, 0.15) is 11.4 Å². The third-order valence-corrected chi connectivity index (χ3v) is 6.37. The van der Waals surface area contributed by atoms with Crippen molar-refractivity contribution >= 4 is 18.0 Å². The Labute approximate surface area is 199 Å². The van der Waals surface area contributed by atoms with Crippen LogP contribution in [0.15, 0.2) is 12.3 Å². The van der Waals surface area contributed by atoms with E-state index in [2.05, 4.69) is 15.0 Å². The Morgan fingerprint density at radius 3 is 2.74 bits per heavy atom. The molecule has 3 aliphatic rings. The quantitative estimate of drug-likeness (QED) is 0.647. The standard InChI is InChI=1S/C23H26F3N5O4/c1-22(2,3)35-21(33)30-10-8-12(11-30)31-15-6-4-5-13(15)17(29-31)14-7-9-27-19-16(14)18(23(24,25)26)34-20(32)28-19/h7,9,12,18H,4-6,8,10-11H2,1-3H3,(H,27,28,32)/t12-,18-/m1/s1. The molecule has 2 amide bonds. The van der Waals surface area contributed by atoms with E-state index >= 15 is 0 Å². The van der Waals surface area contributed by atoms with Crippen LogP contribution in [-0.4, -0.2) is 56.7 Å². The van der Waals surface area contributed by atoms with Gasteiger partial charge in [-0.05, 0) is 52.5 Å². The molecule has 1 N–H and O–H groups in total. The van der Waals surface area contributed by atoms with E-state index in [1.807, 2.05) is 4.68 Å². The molecule has 9 nitrogen and oxygen atoms in total. The van der Waals surface area contributed by atoms with Crippen molar-refractivity contribution in [3.05, 3.63) is 29.1 Å². The molecule has 5 rings (SSSR count). The molecule has 2 aromatic rings. The number of nitrogens with zero attached hydrogens (tertiary/aromatic N) is 4. The van der Waals surface area contributed by atoms with Crippen molar-refractivity contribution in [2.45, 2.75) is 70.4 Å². The first kappa shape index (κ1) is 23.4. The van der Waals surface area contributed by atoms with Crippen molar-refractivity contribution in [3.63, 3.8) is 0 Å². The van der Waals surface area contributed by atoms with Gasteiger partial charge in [0.15, 0.2) is 0 Å². The van der Waals surface area contributed by atoms with Gasteiger partial charge in [-0.3, -0.25) is 10.00 Å². The average Bonchev–Trinajstić information content (AvgIpc) is 3.47. The van der Waals surface area contributed by atoms with Gasteiger partial charge in [-0.1, -0.05) is 0 Å². The number of rotatable bonds is 2. The number of fused-ring (bicyclic) bond motifs is 2. The number of cyclic esters (lactones) is 1. The minimum Gasteiger partial charge on any atom is -0.444 e. The maximum atomic E-state index is 13.8. The molecule has 0 unspecified atom stereocenters. The van der Waals surface area contributed by atoms with E-state index in [0.717, 1.165) is 24.1 Å². The molecule has 2 aliphatic heterocycles. The lowest BCUT2D eigenvalue weighted by molar-refractivity contribution is -0.206. The Morgan fingerprint density at radius 2 is 2.03 bits per heavy atom. The molecular formula is C23H26F3N5O4. The highest BCUT2D eigenvalue weighted by Gasteiger charge is 2.49. The zero-order valence-electron chi connectivity index (χ0n) is 19.6. The topological polar surface area (TPSA) is 98.6 Å². The summed E-state index contributed by atoms with van der Waals surface area (Å²) in [5.74, 6) is -0.181. The summed E-state index contributed by atoms with van der Waals surface area (Å²) >= 11 is 0. The third kappa shape index (κ3) is 4.30. The van der Waals surface area contributed by atoms with Gasteiger partial charge in [0.25, 0.3) is 0 Å². The summed E-state index contributed by atoms with van der Waals surface area (Å²) in [4.78, 5) is 29.8. The number of ether oxygens (including phenoxy) is 2. The summed E-state index contributed by atoms with van der Waals surface area (Å²) in [5, 5.41) is 7.04. The number of amides is 2. The molecule has 12 heteroatoms. The normalized spacial score (nSPS) is 21.9. The molecule has 0 saturated carbocycles. The van der Waals surface area contributed by atoms with Crippen molar-refractivity contribution in [2.75, 3.05) is 18.4 Å². The van der Waals surface area contributed by atoms with Gasteiger partial charge in [0.05, 0.1) is 17.3 Å². The fourth-order valence-corrected chi connectivity index (χ4v) is 4.98. The van der Waals surface area contributed by atoms with Crippen LogP contribution in [-0.2, 0) is 22.3 Å². The van der Waals surface area contributed by atoms with Crippen LogP contribution in [0.4, 0.5) is 28.6 Å². The number of aromatic nitrogens is 3. The lowest BCUT2D eigenvalue weighted by Crippen LogP contribution is -2.35. The van der Waals surface area contributed by atoms with Crippen LogP contribution in [0.1, 0.15) is 62.6 Å². The minimum absolute atomic E-state index is 0.116. The van der Waals surface area contributed by atoms with Crippen LogP contribution >= 0.6 is 0 Å². The molecule has 1 aliphatic carbocycles. The van der Waals surface area contributed by atoms with Crippen LogP contribution in [0.25, 0.3) is 11.3 Å². The second-order valence-corrected chi connectivity index (χ2v) is 10.0. The van der Waals surface area contributed by atoms with Crippen molar-refractivity contribution in [3.8, 4) is 11.3 Å². The molecule has 2 atom stereocenters. The van der Waals surface area contributed by atoms with E-state index in [4.69, 9.17) is 9.84 Å². The molecule has 188 valence electrons. The highest BCUT2D eigenvalue weighted by atomic mass is 19.4. The number of halogens is 3. The van der Waals surface area contributed by atoms with Gasteiger partial charge >= 0.3 is 18.4 Å². The highest BCUT2D eigenvalue weighted by molar-refractivity contribution is 5.89. The van der Waals surface area contributed by atoms with E-state index in [9.17, 15) is 22.8 Å². The third-order valence-electron chi connectivity index (χ3n) is 6.37. The number of anilines is 1. The number of nitrogens with one attached hydrogen (secondary N) is 1. The van der Waals surface area contributed by atoms with Crippen LogP contribution in [0.5, 0.6) is 0 Å². The Balaban J connectivity index is 1.52. The van der Waals surface area contributed by atoms with Crippen LogP contribution < -0.4 is 5.32 Å². The first-order chi connectivity index (χ1) is 16.4. The summed E-state index contributed by atoms with van der Waals surface area (Å²) in [6, 6.07) is 1.36. The Morgan fingerprint density at radius 1 is 1.26 bits per heavy atom. The predicted octanol–water partition coefficient (Wildman–Crippen LogP) is 4.78. The van der Waals surface area contributed by atoms with Crippen LogP contribution in [0, 0.1) is 0 Å². The number of pyridine rings is 1. The molecule has 35 heavy (non-hydrogen) atoms. The molecular weight excluding hydrogens is 467 g/mol. The van der Waals surface area contributed by atoms with Gasteiger partial charge in [0.2, 0.25) is 6.10 Å². The van der Waals surface area contributed by atoms with Crippen LogP contribution in [0.2, 0.25) is 0 Å². The van der Waals surface area contributed by atoms with E-state index in [1.165, 1.54) is 12.3 Å². The zero-order valence-corrected chi connectivity index (χ0v) is 19.6. The van der Waals surface area contributed by atoms with Gasteiger partial charge in [0, 0.05) is 36.1 Å². The van der Waals surface area contributed by atoms with Crippen molar-refractivity contribution in [1.82, 2.24) is 19.7 Å². The molecule has 1 saturated heterocycles. The molecule has 4 heterocycles. The maximum Gasteiger partial charge on any atom is 0.430 e. The molecule has 1 fully saturated rings. The number of hydrogen-bond acceptors (Lipinski definition) is 6. The number of likely N-dealkylation sites (tertiary alicyclic amines) is 1. The first-order valence-electron chi connectivity index (χ1n) is 11.5. The van der Waals surface area contributed by atoms with E-state index in [-0.39, 0.29) is 23.0 Å². The van der Waals surface area contributed by atoms with Gasteiger partial charge in [-0.15, -0.1) is 0 Å². The fraction of sp³-hybridized carbons (Fsp3) is 0.565. The molecule has 2 aromatic heterocycles. The van der Waals surface area contributed by atoms with Crippen molar-refractivity contribution in [2.24, 2.45) is 0 Å². The molecule has 0 bridgehead atoms. The Kier molecular flexibility index (Phi) is 5.44. The molecule has 0 aromatic carbocycles. The highest BCUT2D eigenvalue weighted by Crippen LogP contribution is 2.47. The smallest absolute Gasteiger partial charge is 0.430 e. The number of alkyl halides is 3. The van der Waals surface area contributed by atoms with Crippen molar-refractivity contribution in [1.29, 1.82) is 0 Å². The second kappa shape index (κ2) is 8.13. The van der Waals surface area contributed by atoms with E-state index in [1.54, 1.807) is 25.7 Å². The van der Waals surface area contributed by atoms with Crippen molar-refractivity contribution < 1.29 is 32.2 Å². The lowest BCUT2D eigenvalue weighted by Gasteiger charge is -2.28. The lowest BCUT2D eigenvalue weighted by atomic mass is 9.97. The maximum absolute atomic E-state index is 13.8. The van der Waals surface area contributed by atoms with E-state index < -0.39 is 30.1 Å². The summed E-state index contributed by atoms with van der Waals surface area (Å²) < 4.78 is 53.5. The zero-order chi connectivity index (χ0) is 25.1. The predicted molar refractivity (Wildman–Crippen MR) is 118 cm³/mol. The fourth-order valence-electron chi connectivity index (χ4n) is 4.98. The van der Waals surface area contributed by atoms with Gasteiger partial charge in [-0.2, -0.15) is 18.3 Å². The monoisotopic (exact) mass is 493 g/mol. The number of carbonyl (C=O) groups is 2. The SMILES string of the molecule is CC(C)(C)OC(=O)N1CC[C@@H](n2nc(-c3ccnc4c3[C@H](C(F)(F)F)OC(=O)N4)c3c2CCC3)C1. The van der Waals surface area contributed by atoms with E-state index in [0.29, 0.717) is 31.6 Å².